The molecule has 0 heterocycles. The summed E-state index contributed by atoms with van der Waals surface area (Å²) in [6, 6.07) is 0. The molecule has 0 aliphatic heterocycles. The van der Waals surface area contributed by atoms with E-state index in [4.69, 9.17) is 0 Å². The topological polar surface area (TPSA) is 0 Å². The fourth-order valence-corrected chi connectivity index (χ4v) is 39.7. The van der Waals surface area contributed by atoms with Crippen LogP contribution in [-0.4, -0.2) is 0 Å². The van der Waals surface area contributed by atoms with Crippen LogP contribution in [0.25, 0.3) is 0 Å². The molecule has 8 aliphatic rings. The molecule has 8 rings (SSSR count). The Morgan fingerprint density at radius 2 is 0.552 bits per heavy atom. The van der Waals surface area contributed by atoms with Crippen molar-refractivity contribution >= 4 is 0 Å². The Morgan fingerprint density at radius 1 is 0.345 bits per heavy atom. The van der Waals surface area contributed by atoms with Gasteiger partial charge in [0.25, 0.3) is 0 Å². The van der Waals surface area contributed by atoms with Gasteiger partial charge in [-0.3, -0.25) is 0 Å². The van der Waals surface area contributed by atoms with E-state index in [1.165, 1.54) is 23.7 Å². The third-order valence-electron chi connectivity index (χ3n) is 13.3. The maximum atomic E-state index is 1.78. The van der Waals surface area contributed by atoms with E-state index in [1.807, 2.05) is 0 Å². The molecule has 0 saturated heterocycles. The van der Waals surface area contributed by atoms with Gasteiger partial charge in [-0.05, 0) is 0 Å². The van der Waals surface area contributed by atoms with Crippen LogP contribution < -0.4 is 0 Å². The number of rotatable bonds is 4. The fourth-order valence-electron chi connectivity index (χ4n) is 13.0. The summed E-state index contributed by atoms with van der Waals surface area (Å²) in [5.74, 6) is 4.72. The molecule has 0 aromatic carbocycles. The van der Waals surface area contributed by atoms with Gasteiger partial charge in [0.15, 0.2) is 0 Å². The molecule has 0 unspecified atom stereocenters. The molecule has 0 aromatic heterocycles. The van der Waals surface area contributed by atoms with Gasteiger partial charge >= 0.3 is 183 Å². The molecule has 0 atom stereocenters. The van der Waals surface area contributed by atoms with E-state index < -0.39 is 16.1 Å². The van der Waals surface area contributed by atoms with Crippen LogP contribution in [0.5, 0.6) is 0 Å². The first-order valence-electron chi connectivity index (χ1n) is 14.0. The quantitative estimate of drug-likeness (QED) is 0.355. The molecule has 29 heavy (non-hydrogen) atoms. The number of fused-ring (bicyclic) bond motifs is 8. The van der Waals surface area contributed by atoms with Gasteiger partial charge < -0.3 is 0 Å². The molecule has 0 aromatic rings. The average Bonchev–Trinajstić information content (AvgIpc) is 3.59. The molecule has 8 bridgehead atoms. The first-order valence-corrected chi connectivity index (χ1v) is 18.0. The standard InChI is InChI=1S/4C7H11.Mo/c4*1-2-7-4-3-6(1)5-7;/h4*6H,1-5H2;. The van der Waals surface area contributed by atoms with Crippen LogP contribution in [-0.2, 0) is 16.1 Å². The molecule has 0 spiro atoms. The Bertz CT molecular complexity index is 577. The van der Waals surface area contributed by atoms with E-state index in [9.17, 15) is 0 Å². The van der Waals surface area contributed by atoms with E-state index >= 15 is 0 Å². The predicted molar refractivity (Wildman–Crippen MR) is 117 cm³/mol. The van der Waals surface area contributed by atoms with E-state index in [0.717, 1.165) is 15.2 Å². The SMILES string of the molecule is C1C[C]2([Mo]([C]34CCC(CC3)C4)([C]34CCC(CC3)C4)[C]34CCC(CC3)C4)CCC1C2. The summed E-state index contributed by atoms with van der Waals surface area (Å²) in [5.41, 5.74) is 0. The molecule has 162 valence electrons. The van der Waals surface area contributed by atoms with Gasteiger partial charge in [0.2, 0.25) is 0 Å². The van der Waals surface area contributed by atoms with Crippen LogP contribution in [0.15, 0.2) is 0 Å². The molecule has 0 radical (unpaired) electrons. The third-order valence-corrected chi connectivity index (χ3v) is 31.7. The summed E-state index contributed by atoms with van der Waals surface area (Å²) in [6.45, 7) is 0. The van der Waals surface area contributed by atoms with Crippen molar-refractivity contribution in [2.24, 2.45) is 23.7 Å². The third kappa shape index (κ3) is 1.86. The molecule has 8 aliphatic carbocycles. The van der Waals surface area contributed by atoms with Crippen molar-refractivity contribution < 1.29 is 16.1 Å². The van der Waals surface area contributed by atoms with Crippen LogP contribution >= 0.6 is 0 Å². The second-order valence-electron chi connectivity index (χ2n) is 13.9. The van der Waals surface area contributed by atoms with Gasteiger partial charge in [0, 0.05) is 0 Å². The van der Waals surface area contributed by atoms with Crippen molar-refractivity contribution in [3.05, 3.63) is 0 Å². The van der Waals surface area contributed by atoms with Crippen molar-refractivity contribution in [1.82, 2.24) is 0 Å². The monoisotopic (exact) mass is 478 g/mol. The van der Waals surface area contributed by atoms with E-state index in [2.05, 4.69) is 0 Å². The van der Waals surface area contributed by atoms with E-state index in [-0.39, 0.29) is 0 Å². The molecule has 8 saturated carbocycles. The normalized spacial score (nSPS) is 62.3. The van der Waals surface area contributed by atoms with E-state index in [1.54, 1.807) is 128 Å². The zero-order chi connectivity index (χ0) is 19.0. The summed E-state index contributed by atoms with van der Waals surface area (Å²) in [7, 11) is 0. The van der Waals surface area contributed by atoms with Crippen molar-refractivity contribution in [2.45, 2.75) is 144 Å². The number of hydrogen-bond donors (Lipinski definition) is 0. The molecule has 0 amide bonds. The zero-order valence-electron chi connectivity index (χ0n) is 18.9. The Balaban J connectivity index is 1.44. The van der Waals surface area contributed by atoms with Crippen molar-refractivity contribution in [3.63, 3.8) is 0 Å². The van der Waals surface area contributed by atoms with Crippen molar-refractivity contribution in [1.29, 1.82) is 0 Å². The fraction of sp³-hybridized carbons (Fsp3) is 1.00. The summed E-state index contributed by atoms with van der Waals surface area (Å²) in [4.78, 5) is 0. The first-order chi connectivity index (χ1) is 14.1. The maximum absolute atomic E-state index is 2.33. The summed E-state index contributed by atoms with van der Waals surface area (Å²) >= 11 is -2.33. The van der Waals surface area contributed by atoms with Gasteiger partial charge in [-0.2, -0.15) is 0 Å². The van der Waals surface area contributed by atoms with Crippen LogP contribution in [0.4, 0.5) is 0 Å². The number of hydrogen-bond acceptors (Lipinski definition) is 0. The van der Waals surface area contributed by atoms with Crippen LogP contribution in [0.1, 0.15) is 128 Å². The van der Waals surface area contributed by atoms with Crippen LogP contribution in [0.2, 0.25) is 15.2 Å². The Kier molecular flexibility index (Phi) is 3.50. The molecular weight excluding hydrogens is 432 g/mol. The second kappa shape index (κ2) is 5.60. The first kappa shape index (κ1) is 18.2. The van der Waals surface area contributed by atoms with Gasteiger partial charge in [-0.1, -0.05) is 0 Å². The average molecular weight is 477 g/mol. The predicted octanol–water partition coefficient (Wildman–Crippen LogP) is 9.15. The minimum absolute atomic E-state index is 0.977. The van der Waals surface area contributed by atoms with Crippen molar-refractivity contribution in [3.8, 4) is 0 Å². The second-order valence-corrected chi connectivity index (χ2v) is 25.5. The Hall–Kier alpha value is 0.688. The summed E-state index contributed by atoms with van der Waals surface area (Å²) < 4.78 is 3.91. The molecule has 8 fully saturated rings. The molecular formula is C28H44Mo. The Labute approximate surface area is 182 Å². The van der Waals surface area contributed by atoms with Crippen LogP contribution in [0, 0.1) is 23.7 Å². The zero-order valence-corrected chi connectivity index (χ0v) is 20.9. The summed E-state index contributed by atoms with van der Waals surface area (Å²) in [6.07, 6.45) is 34.5. The van der Waals surface area contributed by atoms with E-state index in [0.29, 0.717) is 0 Å². The Morgan fingerprint density at radius 3 is 0.690 bits per heavy atom. The van der Waals surface area contributed by atoms with Gasteiger partial charge in [-0.25, -0.2) is 0 Å². The van der Waals surface area contributed by atoms with Gasteiger partial charge in [0.1, 0.15) is 0 Å². The summed E-state index contributed by atoms with van der Waals surface area (Å²) in [5, 5.41) is 0. The molecule has 1 heteroatoms. The molecule has 0 N–H and O–H groups in total. The van der Waals surface area contributed by atoms with Gasteiger partial charge in [-0.15, -0.1) is 0 Å². The van der Waals surface area contributed by atoms with Gasteiger partial charge in [0.05, 0.1) is 0 Å². The van der Waals surface area contributed by atoms with Crippen molar-refractivity contribution in [2.75, 3.05) is 0 Å². The minimum atomic E-state index is -2.33. The van der Waals surface area contributed by atoms with Crippen LogP contribution in [0.3, 0.4) is 0 Å². The molecule has 0 nitrogen and oxygen atoms in total.